The van der Waals surface area contributed by atoms with E-state index < -0.39 is 6.09 Å². The van der Waals surface area contributed by atoms with Gasteiger partial charge >= 0.3 is 11.7 Å². The van der Waals surface area contributed by atoms with E-state index in [-0.39, 0.29) is 5.63 Å². The van der Waals surface area contributed by atoms with E-state index in [9.17, 15) is 9.59 Å². The van der Waals surface area contributed by atoms with E-state index in [0.29, 0.717) is 49.6 Å². The van der Waals surface area contributed by atoms with Crippen molar-refractivity contribution in [2.24, 2.45) is 0 Å². The molecule has 150 valence electrons. The molecule has 1 aliphatic heterocycles. The summed E-state index contributed by atoms with van der Waals surface area (Å²) < 4.78 is 16.1. The van der Waals surface area contributed by atoms with Crippen LogP contribution in [0.15, 0.2) is 57.7 Å². The van der Waals surface area contributed by atoms with Crippen molar-refractivity contribution in [3.05, 3.63) is 75.6 Å². The highest BCUT2D eigenvalue weighted by atomic mass is 16.6. The summed E-state index contributed by atoms with van der Waals surface area (Å²) in [6.07, 6.45) is -0.0865. The second kappa shape index (κ2) is 8.46. The molecular weight excluding hydrogens is 372 g/mol. The molecule has 0 radical (unpaired) electrons. The zero-order valence-electron chi connectivity index (χ0n) is 16.1. The number of hydrogen-bond acceptors (Lipinski definition) is 6. The Balaban J connectivity index is 1.54. The van der Waals surface area contributed by atoms with Gasteiger partial charge < -0.3 is 13.9 Å². The molecule has 2 heterocycles. The van der Waals surface area contributed by atoms with Crippen LogP contribution in [0, 0.1) is 6.92 Å². The topological polar surface area (TPSA) is 81.0 Å². The van der Waals surface area contributed by atoms with E-state index in [1.165, 1.54) is 0 Å². The molecule has 0 atom stereocenters. The minimum atomic E-state index is -0.592. The Bertz CT molecular complexity index is 1070. The first-order valence-electron chi connectivity index (χ1n) is 9.51. The number of ether oxygens (including phenoxy) is 2. The Morgan fingerprint density at radius 3 is 2.66 bits per heavy atom. The molecule has 1 amide bonds. The number of nitrogens with zero attached hydrogens (tertiary/aromatic N) is 1. The number of aryl methyl sites for hydroxylation is 1. The number of hydrogen-bond donors (Lipinski definition) is 1. The Labute approximate surface area is 167 Å². The second-order valence-corrected chi connectivity index (χ2v) is 6.91. The Morgan fingerprint density at radius 2 is 1.90 bits per heavy atom. The van der Waals surface area contributed by atoms with E-state index in [0.717, 1.165) is 16.5 Å². The summed E-state index contributed by atoms with van der Waals surface area (Å²) in [5.74, 6) is 0.307. The van der Waals surface area contributed by atoms with Crippen LogP contribution >= 0.6 is 0 Å². The summed E-state index contributed by atoms with van der Waals surface area (Å²) in [7, 11) is 0. The molecule has 29 heavy (non-hydrogen) atoms. The standard InChI is InChI=1S/C22H22N2O5/c1-15-18-8-7-17(28-22(26)23-24-9-11-27-12-10-24)14-20(18)29-21(25)19(15)13-16-5-3-2-4-6-16/h2-8,14H,9-13H2,1H3,(H,23,26). The molecular formula is C22H22N2O5. The van der Waals surface area contributed by atoms with Gasteiger partial charge in [-0.25, -0.2) is 14.6 Å². The van der Waals surface area contributed by atoms with Crippen molar-refractivity contribution in [2.75, 3.05) is 26.3 Å². The summed E-state index contributed by atoms with van der Waals surface area (Å²) in [6, 6.07) is 14.9. The minimum absolute atomic E-state index is 0.307. The predicted octanol–water partition coefficient (Wildman–Crippen LogP) is 3.03. The van der Waals surface area contributed by atoms with Gasteiger partial charge in [-0.2, -0.15) is 0 Å². The van der Waals surface area contributed by atoms with Gasteiger partial charge in [0.25, 0.3) is 0 Å². The molecule has 0 aliphatic carbocycles. The predicted molar refractivity (Wildman–Crippen MR) is 108 cm³/mol. The van der Waals surface area contributed by atoms with Crippen molar-refractivity contribution in [1.82, 2.24) is 10.4 Å². The molecule has 3 aromatic rings. The molecule has 4 rings (SSSR count). The van der Waals surface area contributed by atoms with Crippen molar-refractivity contribution in [2.45, 2.75) is 13.3 Å². The van der Waals surface area contributed by atoms with Gasteiger partial charge in [0, 0.05) is 36.5 Å². The van der Waals surface area contributed by atoms with Gasteiger partial charge in [-0.1, -0.05) is 30.3 Å². The third-order valence-electron chi connectivity index (χ3n) is 4.95. The minimum Gasteiger partial charge on any atom is -0.422 e. The lowest BCUT2D eigenvalue weighted by atomic mass is 10.00. The van der Waals surface area contributed by atoms with Crippen LogP contribution in [-0.4, -0.2) is 37.4 Å². The van der Waals surface area contributed by atoms with Gasteiger partial charge in [-0.15, -0.1) is 0 Å². The fourth-order valence-electron chi connectivity index (χ4n) is 3.38. The Hall–Kier alpha value is -3.16. The lowest BCUT2D eigenvalue weighted by molar-refractivity contribution is 0.0153. The smallest absolute Gasteiger partial charge is 0.422 e. The first-order chi connectivity index (χ1) is 14.1. The van der Waals surface area contributed by atoms with Crippen LogP contribution in [0.4, 0.5) is 4.79 Å². The highest BCUT2D eigenvalue weighted by Gasteiger charge is 2.16. The first-order valence-corrected chi connectivity index (χ1v) is 9.51. The van der Waals surface area contributed by atoms with Crippen molar-refractivity contribution in [1.29, 1.82) is 0 Å². The largest absolute Gasteiger partial charge is 0.427 e. The highest BCUT2D eigenvalue weighted by Crippen LogP contribution is 2.25. The van der Waals surface area contributed by atoms with Crippen molar-refractivity contribution in [3.8, 4) is 5.75 Å². The average molecular weight is 394 g/mol. The van der Waals surface area contributed by atoms with Crippen molar-refractivity contribution < 1.29 is 18.7 Å². The van der Waals surface area contributed by atoms with Gasteiger partial charge in [0.15, 0.2) is 0 Å². The van der Waals surface area contributed by atoms with E-state index in [2.05, 4.69) is 5.43 Å². The third kappa shape index (κ3) is 4.47. The summed E-state index contributed by atoms with van der Waals surface area (Å²) >= 11 is 0. The molecule has 0 saturated carbocycles. The first kappa shape index (κ1) is 19.2. The summed E-state index contributed by atoms with van der Waals surface area (Å²) in [6.45, 7) is 4.23. The van der Waals surface area contributed by atoms with Gasteiger partial charge in [0.2, 0.25) is 0 Å². The lowest BCUT2D eigenvalue weighted by Gasteiger charge is -2.26. The number of carbonyl (C=O) groups excluding carboxylic acids is 1. The molecule has 1 aliphatic rings. The van der Waals surface area contributed by atoms with Crippen LogP contribution in [-0.2, 0) is 11.2 Å². The van der Waals surface area contributed by atoms with Crippen LogP contribution in [0.5, 0.6) is 5.75 Å². The fourth-order valence-corrected chi connectivity index (χ4v) is 3.38. The number of nitrogens with one attached hydrogen (secondary N) is 1. The van der Waals surface area contributed by atoms with Gasteiger partial charge in [0.05, 0.1) is 13.2 Å². The van der Waals surface area contributed by atoms with Crippen LogP contribution in [0.3, 0.4) is 0 Å². The van der Waals surface area contributed by atoms with Crippen molar-refractivity contribution in [3.63, 3.8) is 0 Å². The van der Waals surface area contributed by atoms with E-state index in [1.807, 2.05) is 37.3 Å². The number of hydrazine groups is 1. The monoisotopic (exact) mass is 394 g/mol. The van der Waals surface area contributed by atoms with Gasteiger partial charge in [-0.05, 0) is 30.2 Å². The van der Waals surface area contributed by atoms with E-state index in [1.54, 1.807) is 23.2 Å². The average Bonchev–Trinajstić information content (AvgIpc) is 2.72. The zero-order chi connectivity index (χ0) is 20.2. The maximum absolute atomic E-state index is 12.5. The number of rotatable bonds is 4. The van der Waals surface area contributed by atoms with Crippen LogP contribution in [0.2, 0.25) is 0 Å². The van der Waals surface area contributed by atoms with Crippen LogP contribution in [0.1, 0.15) is 16.7 Å². The van der Waals surface area contributed by atoms with Crippen molar-refractivity contribution >= 4 is 17.1 Å². The molecule has 7 heteroatoms. The normalized spacial score (nSPS) is 14.7. The van der Waals surface area contributed by atoms with E-state index >= 15 is 0 Å². The molecule has 2 aromatic carbocycles. The molecule has 0 bridgehead atoms. The lowest BCUT2D eigenvalue weighted by Crippen LogP contribution is -2.49. The summed E-state index contributed by atoms with van der Waals surface area (Å²) in [5.41, 5.74) is 5.22. The zero-order valence-corrected chi connectivity index (χ0v) is 16.1. The third-order valence-corrected chi connectivity index (χ3v) is 4.95. The number of fused-ring (bicyclic) bond motifs is 1. The van der Waals surface area contributed by atoms with Gasteiger partial charge in [0.1, 0.15) is 11.3 Å². The fraction of sp³-hybridized carbons (Fsp3) is 0.273. The Morgan fingerprint density at radius 1 is 1.14 bits per heavy atom. The number of amides is 1. The summed E-state index contributed by atoms with van der Waals surface area (Å²) in [5, 5.41) is 2.56. The molecule has 1 N–H and O–H groups in total. The quantitative estimate of drug-likeness (QED) is 0.685. The number of benzene rings is 2. The molecule has 1 aromatic heterocycles. The highest BCUT2D eigenvalue weighted by molar-refractivity contribution is 5.83. The molecule has 0 unspecified atom stereocenters. The second-order valence-electron chi connectivity index (χ2n) is 6.91. The number of morpholine rings is 1. The van der Waals surface area contributed by atoms with Gasteiger partial charge in [-0.3, -0.25) is 5.43 Å². The van der Waals surface area contributed by atoms with Crippen LogP contribution < -0.4 is 15.8 Å². The maximum atomic E-state index is 12.5. The molecule has 7 nitrogen and oxygen atoms in total. The summed E-state index contributed by atoms with van der Waals surface area (Å²) in [4.78, 5) is 24.6. The maximum Gasteiger partial charge on any atom is 0.427 e. The van der Waals surface area contributed by atoms with E-state index in [4.69, 9.17) is 13.9 Å². The molecule has 1 fully saturated rings. The Kier molecular flexibility index (Phi) is 5.59. The number of carbonyl (C=O) groups is 1. The molecule has 1 saturated heterocycles. The van der Waals surface area contributed by atoms with Crippen LogP contribution in [0.25, 0.3) is 11.0 Å². The SMILES string of the molecule is Cc1c(Cc2ccccc2)c(=O)oc2cc(OC(=O)NN3CCOCC3)ccc12. The molecule has 0 spiro atoms.